The number of halogens is 1. The molecule has 2 heterocycles. The molecule has 0 amide bonds. The number of aromatic nitrogens is 1. The second kappa shape index (κ2) is 7.48. The van der Waals surface area contributed by atoms with Crippen molar-refractivity contribution in [2.24, 2.45) is 0 Å². The van der Waals surface area contributed by atoms with E-state index in [-0.39, 0.29) is 10.9 Å². The van der Waals surface area contributed by atoms with Crippen LogP contribution in [0.1, 0.15) is 18.4 Å². The van der Waals surface area contributed by atoms with Gasteiger partial charge in [0.2, 0.25) is 0 Å². The number of hydrogen-bond acceptors (Lipinski definition) is 5. The molecular formula is C22H24ClN3O3S. The fourth-order valence-corrected chi connectivity index (χ4v) is 5.60. The summed E-state index contributed by atoms with van der Waals surface area (Å²) in [5.74, 6) is 0.622. The van der Waals surface area contributed by atoms with E-state index in [0.29, 0.717) is 42.7 Å². The van der Waals surface area contributed by atoms with Crippen molar-refractivity contribution in [1.29, 1.82) is 0 Å². The third-order valence-electron chi connectivity index (χ3n) is 5.66. The molecule has 1 aliphatic heterocycles. The van der Waals surface area contributed by atoms with Crippen LogP contribution < -0.4 is 10.2 Å². The highest BCUT2D eigenvalue weighted by Gasteiger charge is 2.33. The lowest BCUT2D eigenvalue weighted by molar-refractivity contribution is 0.123. The quantitative estimate of drug-likeness (QED) is 0.636. The van der Waals surface area contributed by atoms with Gasteiger partial charge in [0, 0.05) is 29.5 Å². The van der Waals surface area contributed by atoms with Gasteiger partial charge in [0.1, 0.15) is 5.82 Å². The highest BCUT2D eigenvalue weighted by molar-refractivity contribution is 7.90. The number of aryl methyl sites for hydroxylation is 1. The Morgan fingerprint density at radius 2 is 1.77 bits per heavy atom. The maximum Gasteiger partial charge on any atom is 0.269 e. The molecule has 8 heteroatoms. The summed E-state index contributed by atoms with van der Waals surface area (Å²) < 4.78 is 34.6. The highest BCUT2D eigenvalue weighted by Crippen LogP contribution is 2.43. The molecule has 5 rings (SSSR count). The maximum absolute atomic E-state index is 13.8. The van der Waals surface area contributed by atoms with Gasteiger partial charge in [-0.25, -0.2) is 12.4 Å². The summed E-state index contributed by atoms with van der Waals surface area (Å²) >= 11 is 6.34. The normalized spacial score (nSPS) is 17.5. The SMILES string of the molecule is Cc1ccc(S(=O)(=O)n2c(NC3CC3)c(N3CCOCC3)c3cc(Cl)ccc32)cc1. The molecule has 2 aromatic carbocycles. The number of anilines is 2. The van der Waals surface area contributed by atoms with E-state index in [2.05, 4.69) is 10.2 Å². The van der Waals surface area contributed by atoms with Crippen LogP contribution in [0.15, 0.2) is 47.4 Å². The largest absolute Gasteiger partial charge is 0.378 e. The molecule has 2 fully saturated rings. The van der Waals surface area contributed by atoms with Gasteiger partial charge in [-0.15, -0.1) is 0 Å². The van der Waals surface area contributed by atoms with E-state index in [0.717, 1.165) is 29.5 Å². The molecule has 1 aliphatic carbocycles. The molecule has 0 radical (unpaired) electrons. The van der Waals surface area contributed by atoms with Crippen LogP contribution in [0.2, 0.25) is 5.02 Å². The van der Waals surface area contributed by atoms with Gasteiger partial charge in [0.15, 0.2) is 0 Å². The van der Waals surface area contributed by atoms with E-state index in [1.165, 1.54) is 3.97 Å². The second-order valence-electron chi connectivity index (χ2n) is 7.96. The van der Waals surface area contributed by atoms with E-state index >= 15 is 0 Å². The first kappa shape index (κ1) is 19.7. The molecule has 1 aromatic heterocycles. The molecule has 1 N–H and O–H groups in total. The molecule has 0 spiro atoms. The Balaban J connectivity index is 1.79. The Labute approximate surface area is 181 Å². The fraction of sp³-hybridized carbons (Fsp3) is 0.364. The Morgan fingerprint density at radius 3 is 2.43 bits per heavy atom. The molecule has 158 valence electrons. The number of nitrogens with zero attached hydrogens (tertiary/aromatic N) is 2. The zero-order valence-corrected chi connectivity index (χ0v) is 18.3. The van der Waals surface area contributed by atoms with Crippen LogP contribution in [-0.4, -0.2) is 44.7 Å². The lowest BCUT2D eigenvalue weighted by Crippen LogP contribution is -2.36. The minimum Gasteiger partial charge on any atom is -0.378 e. The zero-order chi connectivity index (χ0) is 20.9. The Hall–Kier alpha value is -2.22. The summed E-state index contributed by atoms with van der Waals surface area (Å²) in [6, 6.07) is 12.7. The minimum atomic E-state index is -3.81. The van der Waals surface area contributed by atoms with Crippen molar-refractivity contribution in [2.75, 3.05) is 36.5 Å². The van der Waals surface area contributed by atoms with E-state index in [9.17, 15) is 8.42 Å². The number of nitrogens with one attached hydrogen (secondary N) is 1. The lowest BCUT2D eigenvalue weighted by atomic mass is 10.2. The van der Waals surface area contributed by atoms with Gasteiger partial charge in [0.25, 0.3) is 10.0 Å². The van der Waals surface area contributed by atoms with Crippen molar-refractivity contribution in [3.63, 3.8) is 0 Å². The Kier molecular flexibility index (Phi) is 4.92. The van der Waals surface area contributed by atoms with Gasteiger partial charge in [0.05, 0.1) is 29.3 Å². The summed E-state index contributed by atoms with van der Waals surface area (Å²) in [6.45, 7) is 4.58. The summed E-state index contributed by atoms with van der Waals surface area (Å²) in [5, 5.41) is 4.92. The molecule has 0 atom stereocenters. The van der Waals surface area contributed by atoms with E-state index < -0.39 is 10.0 Å². The number of fused-ring (bicyclic) bond motifs is 1. The van der Waals surface area contributed by atoms with Gasteiger partial charge in [-0.3, -0.25) is 0 Å². The number of ether oxygens (including phenoxy) is 1. The summed E-state index contributed by atoms with van der Waals surface area (Å²) in [5.41, 5.74) is 2.53. The van der Waals surface area contributed by atoms with Gasteiger partial charge in [-0.2, -0.15) is 0 Å². The van der Waals surface area contributed by atoms with Crippen molar-refractivity contribution >= 4 is 44.0 Å². The van der Waals surface area contributed by atoms with Crippen LogP contribution in [0.4, 0.5) is 11.5 Å². The number of morpholine rings is 1. The fourth-order valence-electron chi connectivity index (χ4n) is 3.94. The van der Waals surface area contributed by atoms with E-state index in [4.69, 9.17) is 16.3 Å². The summed E-state index contributed by atoms with van der Waals surface area (Å²) in [6.07, 6.45) is 2.07. The van der Waals surface area contributed by atoms with Gasteiger partial charge < -0.3 is 15.0 Å². The molecule has 30 heavy (non-hydrogen) atoms. The molecule has 0 bridgehead atoms. The predicted molar refractivity (Wildman–Crippen MR) is 120 cm³/mol. The molecular weight excluding hydrogens is 422 g/mol. The standard InChI is InChI=1S/C22H24ClN3O3S/c1-15-2-7-18(8-3-15)30(27,28)26-20-9-4-16(23)14-19(20)21(22(26)24-17-5-6-17)25-10-12-29-13-11-25/h2-4,7-9,14,17,24H,5-6,10-13H2,1H3. The first-order chi connectivity index (χ1) is 14.4. The maximum atomic E-state index is 13.8. The van der Waals surface area contributed by atoms with Crippen molar-refractivity contribution in [1.82, 2.24) is 3.97 Å². The van der Waals surface area contributed by atoms with Crippen LogP contribution in [0.5, 0.6) is 0 Å². The third kappa shape index (κ3) is 3.45. The minimum absolute atomic E-state index is 0.271. The predicted octanol–water partition coefficient (Wildman–Crippen LogP) is 4.25. The van der Waals surface area contributed by atoms with Crippen LogP contribution in [-0.2, 0) is 14.8 Å². The lowest BCUT2D eigenvalue weighted by Gasteiger charge is -2.30. The third-order valence-corrected chi connectivity index (χ3v) is 7.63. The monoisotopic (exact) mass is 445 g/mol. The molecule has 6 nitrogen and oxygen atoms in total. The molecule has 0 unspecified atom stereocenters. The van der Waals surface area contributed by atoms with Crippen LogP contribution >= 0.6 is 11.6 Å². The van der Waals surface area contributed by atoms with Gasteiger partial charge in [-0.05, 0) is 50.1 Å². The van der Waals surface area contributed by atoms with E-state index in [1.807, 2.05) is 25.1 Å². The van der Waals surface area contributed by atoms with Crippen LogP contribution in [0.25, 0.3) is 10.9 Å². The molecule has 1 saturated heterocycles. The smallest absolute Gasteiger partial charge is 0.269 e. The average Bonchev–Trinajstić information content (AvgIpc) is 3.49. The topological polar surface area (TPSA) is 63.6 Å². The van der Waals surface area contributed by atoms with E-state index in [1.54, 1.807) is 24.3 Å². The summed E-state index contributed by atoms with van der Waals surface area (Å²) in [7, 11) is -3.81. The van der Waals surface area contributed by atoms with Crippen molar-refractivity contribution < 1.29 is 13.2 Å². The van der Waals surface area contributed by atoms with Crippen molar-refractivity contribution in [3.05, 3.63) is 53.1 Å². The van der Waals surface area contributed by atoms with Crippen molar-refractivity contribution in [2.45, 2.75) is 30.7 Å². The number of rotatable bonds is 5. The number of hydrogen-bond donors (Lipinski definition) is 1. The van der Waals surface area contributed by atoms with Crippen LogP contribution in [0, 0.1) is 6.92 Å². The Morgan fingerprint density at radius 1 is 1.07 bits per heavy atom. The van der Waals surface area contributed by atoms with Crippen LogP contribution in [0.3, 0.4) is 0 Å². The van der Waals surface area contributed by atoms with Gasteiger partial charge in [-0.1, -0.05) is 29.3 Å². The van der Waals surface area contributed by atoms with Gasteiger partial charge >= 0.3 is 0 Å². The highest BCUT2D eigenvalue weighted by atomic mass is 35.5. The first-order valence-electron chi connectivity index (χ1n) is 10.2. The Bertz CT molecular complexity index is 1190. The molecule has 1 saturated carbocycles. The first-order valence-corrected chi connectivity index (χ1v) is 12.0. The average molecular weight is 446 g/mol. The zero-order valence-electron chi connectivity index (χ0n) is 16.8. The van der Waals surface area contributed by atoms with Crippen molar-refractivity contribution in [3.8, 4) is 0 Å². The molecule has 2 aliphatic rings. The molecule has 3 aromatic rings. The summed E-state index contributed by atoms with van der Waals surface area (Å²) in [4.78, 5) is 2.47. The number of benzene rings is 2. The second-order valence-corrected chi connectivity index (χ2v) is 10.2.